The summed E-state index contributed by atoms with van der Waals surface area (Å²) >= 11 is 0. The zero-order valence-electron chi connectivity index (χ0n) is 14.1. The summed E-state index contributed by atoms with van der Waals surface area (Å²) in [6.07, 6.45) is 2.54. The van der Waals surface area contributed by atoms with E-state index in [1.54, 1.807) is 19.2 Å². The third-order valence-electron chi connectivity index (χ3n) is 4.83. The van der Waals surface area contributed by atoms with Gasteiger partial charge in [-0.25, -0.2) is 4.39 Å². The fourth-order valence-electron chi connectivity index (χ4n) is 3.29. The molecule has 1 saturated carbocycles. The maximum atomic E-state index is 13.2. The number of hydrogen-bond donors (Lipinski definition) is 0. The lowest BCUT2D eigenvalue weighted by atomic mass is 9.95. The smallest absolute Gasteiger partial charge is 0.140 e. The Bertz CT molecular complexity index is 940. The Morgan fingerprint density at radius 1 is 1.04 bits per heavy atom. The lowest BCUT2D eigenvalue weighted by Crippen LogP contribution is -2.04. The molecule has 0 N–H and O–H groups in total. The molecule has 1 aliphatic rings. The molecule has 0 radical (unpaired) electrons. The van der Waals surface area contributed by atoms with E-state index in [1.807, 2.05) is 30.3 Å². The molecule has 4 rings (SSSR count). The van der Waals surface area contributed by atoms with Crippen LogP contribution in [0.1, 0.15) is 18.4 Å². The Hall–Kier alpha value is -2.68. The van der Waals surface area contributed by atoms with Crippen molar-refractivity contribution in [1.82, 2.24) is 0 Å². The zero-order chi connectivity index (χ0) is 17.4. The molecule has 0 atom stereocenters. The minimum atomic E-state index is -0.248. The van der Waals surface area contributed by atoms with Gasteiger partial charge in [0.25, 0.3) is 0 Å². The highest BCUT2D eigenvalue weighted by atomic mass is 19.1. The van der Waals surface area contributed by atoms with Gasteiger partial charge in [0, 0.05) is 17.7 Å². The van der Waals surface area contributed by atoms with Crippen molar-refractivity contribution in [2.75, 3.05) is 7.11 Å². The highest BCUT2D eigenvalue weighted by molar-refractivity contribution is 6.01. The summed E-state index contributed by atoms with van der Waals surface area (Å²) < 4.78 is 18.7. The fourth-order valence-corrected chi connectivity index (χ4v) is 3.29. The topological polar surface area (TPSA) is 26.3 Å². The molecule has 3 aromatic carbocycles. The van der Waals surface area contributed by atoms with Crippen LogP contribution >= 0.6 is 0 Å². The van der Waals surface area contributed by atoms with Crippen LogP contribution in [0.2, 0.25) is 0 Å². The van der Waals surface area contributed by atoms with Gasteiger partial charge in [-0.1, -0.05) is 30.3 Å². The van der Waals surface area contributed by atoms with E-state index in [4.69, 9.17) is 4.74 Å². The number of rotatable bonds is 5. The van der Waals surface area contributed by atoms with Crippen LogP contribution in [-0.4, -0.2) is 12.9 Å². The van der Waals surface area contributed by atoms with Crippen LogP contribution in [0.15, 0.2) is 54.6 Å². The Labute approximate surface area is 146 Å². The van der Waals surface area contributed by atoms with Crippen LogP contribution in [0, 0.1) is 11.7 Å². The first-order chi connectivity index (χ1) is 12.2. The molecule has 3 aromatic rings. The van der Waals surface area contributed by atoms with Crippen molar-refractivity contribution in [3.8, 4) is 16.9 Å². The van der Waals surface area contributed by atoms with Gasteiger partial charge in [-0.2, -0.15) is 0 Å². The predicted molar refractivity (Wildman–Crippen MR) is 97.3 cm³/mol. The first kappa shape index (κ1) is 15.8. The second-order valence-electron chi connectivity index (χ2n) is 6.62. The highest BCUT2D eigenvalue weighted by Gasteiger charge is 2.29. The molecule has 1 aliphatic carbocycles. The number of ketones is 1. The SMILES string of the molecule is COc1ccc(-c2ccc(F)cc2)c2ccc(CC(=O)C3CC3)cc12. The van der Waals surface area contributed by atoms with Crippen LogP contribution < -0.4 is 4.74 Å². The van der Waals surface area contributed by atoms with Gasteiger partial charge in [0.05, 0.1) is 7.11 Å². The average molecular weight is 334 g/mol. The Balaban J connectivity index is 1.80. The summed E-state index contributed by atoms with van der Waals surface area (Å²) in [4.78, 5) is 12.1. The molecule has 126 valence electrons. The van der Waals surface area contributed by atoms with Gasteiger partial charge < -0.3 is 4.74 Å². The van der Waals surface area contributed by atoms with Gasteiger partial charge in [0.1, 0.15) is 17.3 Å². The van der Waals surface area contributed by atoms with Gasteiger partial charge >= 0.3 is 0 Å². The molecule has 0 aromatic heterocycles. The summed E-state index contributed by atoms with van der Waals surface area (Å²) in [7, 11) is 1.65. The molecule has 0 aliphatic heterocycles. The molecule has 2 nitrogen and oxygen atoms in total. The number of benzene rings is 3. The van der Waals surface area contributed by atoms with Crippen LogP contribution in [0.5, 0.6) is 5.75 Å². The molecule has 25 heavy (non-hydrogen) atoms. The van der Waals surface area contributed by atoms with Crippen molar-refractivity contribution < 1.29 is 13.9 Å². The summed E-state index contributed by atoms with van der Waals surface area (Å²) in [5.74, 6) is 1.13. The molecular formula is C22H19FO2. The maximum absolute atomic E-state index is 13.2. The van der Waals surface area contributed by atoms with Crippen molar-refractivity contribution in [2.24, 2.45) is 5.92 Å². The first-order valence-corrected chi connectivity index (χ1v) is 8.54. The van der Waals surface area contributed by atoms with Crippen molar-refractivity contribution in [3.63, 3.8) is 0 Å². The number of methoxy groups -OCH3 is 1. The number of carbonyl (C=O) groups excluding carboxylic acids is 1. The Kier molecular flexibility index (Phi) is 4.00. The van der Waals surface area contributed by atoms with Gasteiger partial charge in [-0.15, -0.1) is 0 Å². The summed E-state index contributed by atoms with van der Waals surface area (Å²) in [6.45, 7) is 0. The standard InChI is InChI=1S/C22H19FO2/c1-25-22-11-10-18(15-5-7-17(23)8-6-15)19-9-2-14(12-20(19)22)13-21(24)16-3-4-16/h2,5-12,16H,3-4,13H2,1H3. The molecule has 0 bridgehead atoms. The van der Waals surface area contributed by atoms with Crippen molar-refractivity contribution >= 4 is 16.6 Å². The molecule has 0 saturated heterocycles. The summed E-state index contributed by atoms with van der Waals surface area (Å²) in [5, 5.41) is 2.01. The Morgan fingerprint density at radius 3 is 2.48 bits per heavy atom. The molecule has 0 heterocycles. The third kappa shape index (κ3) is 3.14. The number of hydrogen-bond acceptors (Lipinski definition) is 2. The van der Waals surface area contributed by atoms with E-state index in [0.717, 1.165) is 46.1 Å². The quantitative estimate of drug-likeness (QED) is 0.643. The van der Waals surface area contributed by atoms with Gasteiger partial charge in [0.15, 0.2) is 0 Å². The van der Waals surface area contributed by atoms with Crippen LogP contribution in [0.4, 0.5) is 4.39 Å². The molecule has 1 fully saturated rings. The average Bonchev–Trinajstić information content (AvgIpc) is 3.47. The van der Waals surface area contributed by atoms with Crippen LogP contribution in [0.3, 0.4) is 0 Å². The Morgan fingerprint density at radius 2 is 1.80 bits per heavy atom. The summed E-state index contributed by atoms with van der Waals surface area (Å²) in [6, 6.07) is 16.5. The van der Waals surface area contributed by atoms with Gasteiger partial charge in [-0.3, -0.25) is 4.79 Å². The molecule has 0 spiro atoms. The van der Waals surface area contributed by atoms with E-state index < -0.39 is 0 Å². The van der Waals surface area contributed by atoms with E-state index in [0.29, 0.717) is 12.2 Å². The van der Waals surface area contributed by atoms with Gasteiger partial charge in [0.2, 0.25) is 0 Å². The first-order valence-electron chi connectivity index (χ1n) is 8.54. The number of Topliss-reactive ketones (excluding diaryl/α,β-unsaturated/α-hetero) is 1. The zero-order valence-corrected chi connectivity index (χ0v) is 14.1. The van der Waals surface area contributed by atoms with Crippen LogP contribution in [-0.2, 0) is 11.2 Å². The number of carbonyl (C=O) groups is 1. The van der Waals surface area contributed by atoms with E-state index in [9.17, 15) is 9.18 Å². The van der Waals surface area contributed by atoms with E-state index in [-0.39, 0.29) is 11.7 Å². The fraction of sp³-hybridized carbons (Fsp3) is 0.227. The molecular weight excluding hydrogens is 315 g/mol. The van der Waals surface area contributed by atoms with Crippen molar-refractivity contribution in [1.29, 1.82) is 0 Å². The van der Waals surface area contributed by atoms with E-state index in [1.165, 1.54) is 12.1 Å². The monoisotopic (exact) mass is 334 g/mol. The molecule has 0 unspecified atom stereocenters. The minimum absolute atomic E-state index is 0.248. The van der Waals surface area contributed by atoms with Crippen molar-refractivity contribution in [3.05, 3.63) is 66.0 Å². The molecule has 0 amide bonds. The van der Waals surface area contributed by atoms with Crippen LogP contribution in [0.25, 0.3) is 21.9 Å². The second-order valence-corrected chi connectivity index (χ2v) is 6.62. The predicted octanol–water partition coefficient (Wildman–Crippen LogP) is 5.18. The van der Waals surface area contributed by atoms with E-state index >= 15 is 0 Å². The normalized spacial score (nSPS) is 13.8. The summed E-state index contributed by atoms with van der Waals surface area (Å²) in [5.41, 5.74) is 2.99. The van der Waals surface area contributed by atoms with E-state index in [2.05, 4.69) is 0 Å². The second kappa shape index (κ2) is 6.32. The lowest BCUT2D eigenvalue weighted by Gasteiger charge is -2.12. The number of ether oxygens (including phenoxy) is 1. The van der Waals surface area contributed by atoms with Gasteiger partial charge in [-0.05, 0) is 59.2 Å². The lowest BCUT2D eigenvalue weighted by molar-refractivity contribution is -0.119. The number of halogens is 1. The number of fused-ring (bicyclic) bond motifs is 1. The molecule has 3 heteroatoms. The largest absolute Gasteiger partial charge is 0.496 e. The maximum Gasteiger partial charge on any atom is 0.140 e. The highest BCUT2D eigenvalue weighted by Crippen LogP contribution is 2.36. The minimum Gasteiger partial charge on any atom is -0.496 e. The third-order valence-corrected chi connectivity index (χ3v) is 4.83. The van der Waals surface area contributed by atoms with Crippen molar-refractivity contribution in [2.45, 2.75) is 19.3 Å².